The summed E-state index contributed by atoms with van der Waals surface area (Å²) in [5, 5.41) is 13.7. The number of hydrogen-bond donors (Lipinski definition) is 2. The van der Waals surface area contributed by atoms with Crippen LogP contribution in [0.3, 0.4) is 0 Å². The van der Waals surface area contributed by atoms with Crippen LogP contribution in [-0.2, 0) is 16.1 Å². The van der Waals surface area contributed by atoms with Gasteiger partial charge < -0.3 is 20.1 Å². The molecule has 1 heterocycles. The van der Waals surface area contributed by atoms with Crippen molar-refractivity contribution in [1.29, 1.82) is 0 Å². The summed E-state index contributed by atoms with van der Waals surface area (Å²) < 4.78 is 31.9. The van der Waals surface area contributed by atoms with Gasteiger partial charge in [0.1, 0.15) is 24.3 Å². The SMILES string of the molecule is O=C(Nc1ccc([C@@H](O)[C@H]2COCC(=O)N2Cc2ccc(F)cc2)cc1)c1cccc(F)c1. The fourth-order valence-corrected chi connectivity index (χ4v) is 3.70. The molecule has 1 saturated heterocycles. The first-order chi connectivity index (χ1) is 15.9. The van der Waals surface area contributed by atoms with Crippen LogP contribution >= 0.6 is 0 Å². The van der Waals surface area contributed by atoms with Gasteiger partial charge in [-0.1, -0.05) is 30.3 Å². The zero-order valence-electron chi connectivity index (χ0n) is 17.6. The van der Waals surface area contributed by atoms with Gasteiger partial charge in [0.2, 0.25) is 5.91 Å². The minimum atomic E-state index is -1.04. The van der Waals surface area contributed by atoms with E-state index in [0.29, 0.717) is 11.3 Å². The van der Waals surface area contributed by atoms with Crippen LogP contribution in [0.4, 0.5) is 14.5 Å². The number of carbonyl (C=O) groups is 2. The average Bonchev–Trinajstić information content (AvgIpc) is 2.82. The Labute approximate surface area is 189 Å². The number of anilines is 1. The fraction of sp³-hybridized carbons (Fsp3) is 0.200. The van der Waals surface area contributed by atoms with Crippen molar-refractivity contribution in [2.24, 2.45) is 0 Å². The topological polar surface area (TPSA) is 78.9 Å². The Morgan fingerprint density at radius 1 is 1.06 bits per heavy atom. The second kappa shape index (κ2) is 9.89. The van der Waals surface area contributed by atoms with Crippen molar-refractivity contribution in [3.8, 4) is 0 Å². The highest BCUT2D eigenvalue weighted by Gasteiger charge is 2.34. The lowest BCUT2D eigenvalue weighted by Crippen LogP contribution is -2.51. The highest BCUT2D eigenvalue weighted by atomic mass is 19.1. The first kappa shape index (κ1) is 22.6. The molecule has 0 unspecified atom stereocenters. The Hall–Kier alpha value is -3.62. The van der Waals surface area contributed by atoms with Crippen LogP contribution in [0.2, 0.25) is 0 Å². The molecule has 0 spiro atoms. The predicted octanol–water partition coefficient (Wildman–Crippen LogP) is 3.68. The summed E-state index contributed by atoms with van der Waals surface area (Å²) in [6.07, 6.45) is -1.04. The van der Waals surface area contributed by atoms with Crippen LogP contribution < -0.4 is 5.32 Å². The molecule has 6 nitrogen and oxygen atoms in total. The van der Waals surface area contributed by atoms with Gasteiger partial charge in [-0.25, -0.2) is 8.78 Å². The zero-order chi connectivity index (χ0) is 23.4. The molecular formula is C25H22F2N2O4. The maximum absolute atomic E-state index is 13.3. The summed E-state index contributed by atoms with van der Waals surface area (Å²) in [5.74, 6) is -1.60. The van der Waals surface area contributed by atoms with Gasteiger partial charge in [0, 0.05) is 17.8 Å². The van der Waals surface area contributed by atoms with E-state index >= 15 is 0 Å². The number of ether oxygens (including phenoxy) is 1. The van der Waals surface area contributed by atoms with Gasteiger partial charge in [0.05, 0.1) is 12.6 Å². The Morgan fingerprint density at radius 2 is 1.79 bits per heavy atom. The molecule has 3 aromatic carbocycles. The monoisotopic (exact) mass is 452 g/mol. The number of amides is 2. The van der Waals surface area contributed by atoms with E-state index in [1.54, 1.807) is 36.4 Å². The lowest BCUT2D eigenvalue weighted by atomic mass is 9.99. The van der Waals surface area contributed by atoms with Crippen LogP contribution in [0.5, 0.6) is 0 Å². The molecule has 33 heavy (non-hydrogen) atoms. The van der Waals surface area contributed by atoms with Gasteiger partial charge in [-0.2, -0.15) is 0 Å². The van der Waals surface area contributed by atoms with Crippen LogP contribution in [-0.4, -0.2) is 41.1 Å². The van der Waals surface area contributed by atoms with Crippen molar-refractivity contribution in [1.82, 2.24) is 4.90 Å². The number of halogens is 2. The van der Waals surface area contributed by atoms with Gasteiger partial charge in [0.15, 0.2) is 0 Å². The number of aliphatic hydroxyl groups is 1. The lowest BCUT2D eigenvalue weighted by molar-refractivity contribution is -0.155. The molecule has 0 aromatic heterocycles. The second-order valence-corrected chi connectivity index (χ2v) is 7.76. The first-order valence-electron chi connectivity index (χ1n) is 10.4. The van der Waals surface area contributed by atoms with Gasteiger partial charge >= 0.3 is 0 Å². The van der Waals surface area contributed by atoms with E-state index in [9.17, 15) is 23.5 Å². The summed E-state index contributed by atoms with van der Waals surface area (Å²) in [6.45, 7) is 0.271. The largest absolute Gasteiger partial charge is 0.386 e. The van der Waals surface area contributed by atoms with Gasteiger partial charge in [-0.05, 0) is 53.6 Å². The molecule has 0 bridgehead atoms. The van der Waals surface area contributed by atoms with Crippen molar-refractivity contribution < 1.29 is 28.2 Å². The van der Waals surface area contributed by atoms with Crippen LogP contribution in [0.1, 0.15) is 27.6 Å². The van der Waals surface area contributed by atoms with Crippen molar-refractivity contribution >= 4 is 17.5 Å². The number of morpholine rings is 1. The number of rotatable bonds is 6. The van der Waals surface area contributed by atoms with Crippen LogP contribution in [0.25, 0.3) is 0 Å². The van der Waals surface area contributed by atoms with Crippen molar-refractivity contribution in [3.05, 3.63) is 101 Å². The van der Waals surface area contributed by atoms with E-state index < -0.39 is 23.9 Å². The van der Waals surface area contributed by atoms with E-state index in [-0.39, 0.29) is 37.0 Å². The highest BCUT2D eigenvalue weighted by Crippen LogP contribution is 2.27. The normalized spacial score (nSPS) is 17.0. The molecule has 1 aliphatic rings. The molecule has 0 aliphatic carbocycles. The molecule has 170 valence electrons. The van der Waals surface area contributed by atoms with Crippen molar-refractivity contribution in [3.63, 3.8) is 0 Å². The third-order valence-corrected chi connectivity index (χ3v) is 5.46. The number of nitrogens with zero attached hydrogens (tertiary/aromatic N) is 1. The zero-order valence-corrected chi connectivity index (χ0v) is 17.6. The predicted molar refractivity (Wildman–Crippen MR) is 117 cm³/mol. The number of nitrogens with one attached hydrogen (secondary N) is 1. The van der Waals surface area contributed by atoms with E-state index in [4.69, 9.17) is 4.74 Å². The molecule has 8 heteroatoms. The molecule has 2 N–H and O–H groups in total. The smallest absolute Gasteiger partial charge is 0.255 e. The maximum atomic E-state index is 13.3. The standard InChI is InChI=1S/C25H22F2N2O4/c26-19-8-4-16(5-9-19)13-29-22(14-33-15-23(29)30)24(31)17-6-10-21(11-7-17)28-25(32)18-2-1-3-20(27)12-18/h1-12,22,24,31H,13-15H2,(H,28,32)/t22-,24-/m1/s1. The summed E-state index contributed by atoms with van der Waals surface area (Å²) in [6, 6.07) is 17.1. The Morgan fingerprint density at radius 3 is 2.48 bits per heavy atom. The minimum Gasteiger partial charge on any atom is -0.386 e. The van der Waals surface area contributed by atoms with E-state index in [2.05, 4.69) is 5.32 Å². The minimum absolute atomic E-state index is 0.0878. The second-order valence-electron chi connectivity index (χ2n) is 7.76. The van der Waals surface area contributed by atoms with Gasteiger partial charge in [-0.15, -0.1) is 0 Å². The van der Waals surface area contributed by atoms with E-state index in [1.165, 1.54) is 35.2 Å². The quantitative estimate of drug-likeness (QED) is 0.598. The Balaban J connectivity index is 1.46. The number of carbonyl (C=O) groups excluding carboxylic acids is 2. The molecule has 3 aromatic rings. The highest BCUT2D eigenvalue weighted by molar-refractivity contribution is 6.04. The molecule has 1 aliphatic heterocycles. The molecule has 4 rings (SSSR count). The van der Waals surface area contributed by atoms with E-state index in [1.807, 2.05) is 0 Å². The van der Waals surface area contributed by atoms with Crippen molar-refractivity contribution in [2.75, 3.05) is 18.5 Å². The fourth-order valence-electron chi connectivity index (χ4n) is 3.70. The summed E-state index contributed by atoms with van der Waals surface area (Å²) in [7, 11) is 0. The van der Waals surface area contributed by atoms with Crippen molar-refractivity contribution in [2.45, 2.75) is 18.7 Å². The first-order valence-corrected chi connectivity index (χ1v) is 10.4. The summed E-state index contributed by atoms with van der Waals surface area (Å²) >= 11 is 0. The number of aliphatic hydroxyl groups excluding tert-OH is 1. The average molecular weight is 452 g/mol. The molecule has 1 fully saturated rings. The molecular weight excluding hydrogens is 430 g/mol. The molecule has 0 saturated carbocycles. The van der Waals surface area contributed by atoms with Crippen LogP contribution in [0, 0.1) is 11.6 Å². The third-order valence-electron chi connectivity index (χ3n) is 5.46. The molecule has 2 atom stereocenters. The lowest BCUT2D eigenvalue weighted by Gasteiger charge is -2.38. The van der Waals surface area contributed by atoms with Gasteiger partial charge in [-0.3, -0.25) is 9.59 Å². The molecule has 0 radical (unpaired) electrons. The van der Waals surface area contributed by atoms with Crippen LogP contribution in [0.15, 0.2) is 72.8 Å². The Bertz CT molecular complexity index is 1140. The summed E-state index contributed by atoms with van der Waals surface area (Å²) in [5.41, 5.74) is 1.93. The number of benzene rings is 3. The summed E-state index contributed by atoms with van der Waals surface area (Å²) in [4.78, 5) is 26.3. The Kier molecular flexibility index (Phi) is 6.76. The number of hydrogen-bond acceptors (Lipinski definition) is 4. The maximum Gasteiger partial charge on any atom is 0.255 e. The third kappa shape index (κ3) is 5.42. The molecule has 2 amide bonds. The van der Waals surface area contributed by atoms with E-state index in [0.717, 1.165) is 11.6 Å². The van der Waals surface area contributed by atoms with Gasteiger partial charge in [0.25, 0.3) is 5.91 Å².